The van der Waals surface area contributed by atoms with Crippen molar-refractivity contribution >= 4 is 21.4 Å². The smallest absolute Gasteiger partial charge is 0.241 e. The highest BCUT2D eigenvalue weighted by atomic mass is 32.2. The van der Waals surface area contributed by atoms with Crippen LogP contribution in [-0.4, -0.2) is 26.1 Å². The second kappa shape index (κ2) is 6.85. The molecule has 1 aromatic carbocycles. The Morgan fingerprint density at radius 1 is 1.25 bits per heavy atom. The molecular weight excluding hydrogens is 276 g/mol. The summed E-state index contributed by atoms with van der Waals surface area (Å²) in [6.45, 7) is 5.49. The first kappa shape index (κ1) is 16.7. The van der Waals surface area contributed by atoms with Crippen LogP contribution in [0.2, 0.25) is 0 Å². The van der Waals surface area contributed by atoms with E-state index in [0.717, 1.165) is 6.42 Å². The zero-order valence-electron chi connectivity index (χ0n) is 12.1. The summed E-state index contributed by atoms with van der Waals surface area (Å²) in [4.78, 5) is 12.2. The summed E-state index contributed by atoms with van der Waals surface area (Å²) in [6.07, 6.45) is 0.822. The highest BCUT2D eigenvalue weighted by Gasteiger charge is 2.19. The number of nitrogens with one attached hydrogen (secondary N) is 1. The van der Waals surface area contributed by atoms with Crippen molar-refractivity contribution in [2.75, 3.05) is 11.1 Å². The molecule has 1 amide bonds. The minimum absolute atomic E-state index is 0.0532. The minimum atomic E-state index is -3.21. The SMILES string of the molecule is CCC(C)[C@H](N)C(=O)Nc1ccc(S(=O)(=O)CC)cc1. The van der Waals surface area contributed by atoms with Crippen LogP contribution >= 0.6 is 0 Å². The van der Waals surface area contributed by atoms with E-state index in [0.29, 0.717) is 5.69 Å². The zero-order valence-corrected chi connectivity index (χ0v) is 12.9. The molecule has 0 fully saturated rings. The molecule has 112 valence electrons. The Labute approximate surface area is 120 Å². The molecule has 0 radical (unpaired) electrons. The van der Waals surface area contributed by atoms with Crippen LogP contribution in [0.1, 0.15) is 27.2 Å². The van der Waals surface area contributed by atoms with Gasteiger partial charge in [0.15, 0.2) is 9.84 Å². The van der Waals surface area contributed by atoms with Crippen LogP contribution in [0.15, 0.2) is 29.2 Å². The van der Waals surface area contributed by atoms with Gasteiger partial charge in [-0.2, -0.15) is 0 Å². The Morgan fingerprint density at radius 2 is 1.80 bits per heavy atom. The minimum Gasteiger partial charge on any atom is -0.325 e. The molecule has 0 aromatic heterocycles. The van der Waals surface area contributed by atoms with E-state index in [9.17, 15) is 13.2 Å². The number of rotatable bonds is 6. The number of amides is 1. The number of nitrogens with two attached hydrogens (primary N) is 1. The highest BCUT2D eigenvalue weighted by molar-refractivity contribution is 7.91. The molecule has 0 bridgehead atoms. The van der Waals surface area contributed by atoms with Gasteiger partial charge in [-0.1, -0.05) is 27.2 Å². The zero-order chi connectivity index (χ0) is 15.3. The average molecular weight is 298 g/mol. The van der Waals surface area contributed by atoms with Crippen LogP contribution in [0.5, 0.6) is 0 Å². The number of carbonyl (C=O) groups is 1. The van der Waals surface area contributed by atoms with Gasteiger partial charge in [-0.05, 0) is 30.2 Å². The molecule has 0 aliphatic rings. The lowest BCUT2D eigenvalue weighted by Crippen LogP contribution is -2.40. The number of anilines is 1. The summed E-state index contributed by atoms with van der Waals surface area (Å²) in [6, 6.07) is 5.55. The fraction of sp³-hybridized carbons (Fsp3) is 0.500. The summed E-state index contributed by atoms with van der Waals surface area (Å²) < 4.78 is 23.3. The quantitative estimate of drug-likeness (QED) is 0.838. The van der Waals surface area contributed by atoms with Crippen LogP contribution < -0.4 is 11.1 Å². The van der Waals surface area contributed by atoms with E-state index in [1.165, 1.54) is 12.1 Å². The predicted molar refractivity (Wildman–Crippen MR) is 80.2 cm³/mol. The van der Waals surface area contributed by atoms with Gasteiger partial charge in [0.25, 0.3) is 0 Å². The lowest BCUT2D eigenvalue weighted by molar-refractivity contribution is -0.118. The number of hydrogen-bond donors (Lipinski definition) is 2. The summed E-state index contributed by atoms with van der Waals surface area (Å²) in [5.41, 5.74) is 6.38. The molecule has 20 heavy (non-hydrogen) atoms. The summed E-state index contributed by atoms with van der Waals surface area (Å²) in [5.74, 6) is -0.113. The fourth-order valence-electron chi connectivity index (χ4n) is 1.65. The number of benzene rings is 1. The molecule has 1 unspecified atom stereocenters. The van der Waals surface area contributed by atoms with Crippen molar-refractivity contribution in [3.8, 4) is 0 Å². The van der Waals surface area contributed by atoms with E-state index >= 15 is 0 Å². The van der Waals surface area contributed by atoms with Crippen molar-refractivity contribution in [2.45, 2.75) is 38.1 Å². The molecular formula is C14H22N2O3S. The Morgan fingerprint density at radius 3 is 2.25 bits per heavy atom. The molecule has 1 aromatic rings. The number of carbonyl (C=O) groups excluding carboxylic acids is 1. The van der Waals surface area contributed by atoms with Crippen molar-refractivity contribution in [2.24, 2.45) is 11.7 Å². The molecule has 0 aliphatic heterocycles. The topological polar surface area (TPSA) is 89.3 Å². The Kier molecular flexibility index (Phi) is 5.71. The number of sulfone groups is 1. The van der Waals surface area contributed by atoms with Gasteiger partial charge in [0, 0.05) is 5.69 Å². The third-order valence-corrected chi connectivity index (χ3v) is 5.17. The molecule has 3 N–H and O–H groups in total. The summed E-state index contributed by atoms with van der Waals surface area (Å²) in [7, 11) is -3.21. The van der Waals surface area contributed by atoms with E-state index in [-0.39, 0.29) is 22.5 Å². The normalized spacial score (nSPS) is 14.6. The molecule has 0 heterocycles. The van der Waals surface area contributed by atoms with E-state index in [1.807, 2.05) is 13.8 Å². The maximum Gasteiger partial charge on any atom is 0.241 e. The third-order valence-electron chi connectivity index (χ3n) is 3.42. The van der Waals surface area contributed by atoms with Crippen molar-refractivity contribution in [3.63, 3.8) is 0 Å². The third kappa shape index (κ3) is 4.05. The van der Waals surface area contributed by atoms with Crippen molar-refractivity contribution in [1.29, 1.82) is 0 Å². The predicted octanol–water partition coefficient (Wildman–Crippen LogP) is 1.79. The van der Waals surface area contributed by atoms with E-state index in [4.69, 9.17) is 5.73 Å². The van der Waals surface area contributed by atoms with Crippen LogP contribution in [0, 0.1) is 5.92 Å². The van der Waals surface area contributed by atoms with Crippen molar-refractivity contribution in [1.82, 2.24) is 0 Å². The van der Waals surface area contributed by atoms with Gasteiger partial charge in [-0.25, -0.2) is 8.42 Å². The van der Waals surface area contributed by atoms with Gasteiger partial charge in [0.1, 0.15) is 0 Å². The summed E-state index contributed by atoms with van der Waals surface area (Å²) in [5, 5.41) is 2.69. The van der Waals surface area contributed by atoms with Gasteiger partial charge in [-0.3, -0.25) is 4.79 Å². The van der Waals surface area contributed by atoms with Crippen LogP contribution in [0.4, 0.5) is 5.69 Å². The monoisotopic (exact) mass is 298 g/mol. The van der Waals surface area contributed by atoms with Crippen LogP contribution in [0.3, 0.4) is 0 Å². The summed E-state index contributed by atoms with van der Waals surface area (Å²) >= 11 is 0. The van der Waals surface area contributed by atoms with E-state index in [2.05, 4.69) is 5.32 Å². The molecule has 0 saturated carbocycles. The molecule has 1 rings (SSSR count). The van der Waals surface area contributed by atoms with E-state index in [1.54, 1.807) is 19.1 Å². The Hall–Kier alpha value is -1.40. The maximum absolute atomic E-state index is 11.9. The van der Waals surface area contributed by atoms with Gasteiger partial charge in [-0.15, -0.1) is 0 Å². The Balaban J connectivity index is 2.78. The average Bonchev–Trinajstić information content (AvgIpc) is 2.46. The van der Waals surface area contributed by atoms with Gasteiger partial charge < -0.3 is 11.1 Å². The molecule has 0 aliphatic carbocycles. The van der Waals surface area contributed by atoms with Gasteiger partial charge in [0.2, 0.25) is 5.91 Å². The molecule has 2 atom stereocenters. The van der Waals surface area contributed by atoms with Crippen LogP contribution in [-0.2, 0) is 14.6 Å². The standard InChI is InChI=1S/C14H22N2O3S/c1-4-10(3)13(15)14(17)16-11-6-8-12(9-7-11)20(18,19)5-2/h6-10,13H,4-5,15H2,1-3H3,(H,16,17)/t10?,13-/m0/s1. The molecule has 6 heteroatoms. The first-order chi connectivity index (χ1) is 9.31. The lowest BCUT2D eigenvalue weighted by Gasteiger charge is -2.17. The maximum atomic E-state index is 11.9. The van der Waals surface area contributed by atoms with E-state index < -0.39 is 15.9 Å². The van der Waals surface area contributed by atoms with Crippen molar-refractivity contribution < 1.29 is 13.2 Å². The first-order valence-corrected chi connectivity index (χ1v) is 8.36. The largest absolute Gasteiger partial charge is 0.325 e. The fourth-order valence-corrected chi connectivity index (χ4v) is 2.53. The lowest BCUT2D eigenvalue weighted by atomic mass is 9.99. The molecule has 5 nitrogen and oxygen atoms in total. The second-order valence-electron chi connectivity index (χ2n) is 4.83. The second-order valence-corrected chi connectivity index (χ2v) is 7.11. The molecule has 0 saturated heterocycles. The molecule has 0 spiro atoms. The highest BCUT2D eigenvalue weighted by Crippen LogP contribution is 2.16. The Bertz CT molecular complexity index is 552. The number of hydrogen-bond acceptors (Lipinski definition) is 4. The van der Waals surface area contributed by atoms with Gasteiger partial charge in [0.05, 0.1) is 16.7 Å². The van der Waals surface area contributed by atoms with Crippen LogP contribution in [0.25, 0.3) is 0 Å². The van der Waals surface area contributed by atoms with Gasteiger partial charge >= 0.3 is 0 Å². The van der Waals surface area contributed by atoms with Crippen molar-refractivity contribution in [3.05, 3.63) is 24.3 Å². The first-order valence-electron chi connectivity index (χ1n) is 6.71.